The average molecular weight is 252 g/mol. The second-order valence-corrected chi connectivity index (χ2v) is 4.22. The fourth-order valence-corrected chi connectivity index (χ4v) is 1.68. The Bertz CT molecular complexity index is 367. The van der Waals surface area contributed by atoms with E-state index in [9.17, 15) is 15.0 Å². The summed E-state index contributed by atoms with van der Waals surface area (Å²) in [4.78, 5) is 11.6. The lowest BCUT2D eigenvalue weighted by Crippen LogP contribution is -2.07. The molecule has 4 heteroatoms. The third-order valence-electron chi connectivity index (χ3n) is 2.71. The maximum absolute atomic E-state index is 11.6. The van der Waals surface area contributed by atoms with Gasteiger partial charge in [0.25, 0.3) is 0 Å². The molecule has 2 N–H and O–H groups in total. The molecule has 1 aromatic carbocycles. The lowest BCUT2D eigenvalue weighted by atomic mass is 10.1. The van der Waals surface area contributed by atoms with Crippen LogP contribution in [0.2, 0.25) is 0 Å². The zero-order valence-electron chi connectivity index (χ0n) is 10.7. The number of ether oxygens (including phenoxy) is 1. The molecule has 1 aromatic rings. The first-order chi connectivity index (χ1) is 8.66. The Morgan fingerprint density at radius 3 is 2.33 bits per heavy atom. The van der Waals surface area contributed by atoms with Crippen LogP contribution in [-0.4, -0.2) is 22.8 Å². The molecule has 0 aliphatic rings. The van der Waals surface area contributed by atoms with Crippen LogP contribution in [0.15, 0.2) is 18.2 Å². The fraction of sp³-hybridized carbons (Fsp3) is 0.500. The van der Waals surface area contributed by atoms with E-state index in [4.69, 9.17) is 4.74 Å². The highest BCUT2D eigenvalue weighted by Crippen LogP contribution is 2.26. The number of rotatable bonds is 7. The third-order valence-corrected chi connectivity index (χ3v) is 2.71. The molecule has 4 nitrogen and oxygen atoms in total. The van der Waals surface area contributed by atoms with Crippen LogP contribution in [0.25, 0.3) is 0 Å². The molecule has 0 spiro atoms. The molecule has 18 heavy (non-hydrogen) atoms. The van der Waals surface area contributed by atoms with Gasteiger partial charge >= 0.3 is 5.97 Å². The Morgan fingerprint density at radius 1 is 1.11 bits per heavy atom. The molecule has 0 saturated carbocycles. The third kappa shape index (κ3) is 4.28. The van der Waals surface area contributed by atoms with Gasteiger partial charge in [0.1, 0.15) is 17.1 Å². The molecule has 0 aromatic heterocycles. The topological polar surface area (TPSA) is 66.8 Å². The number of carbonyl (C=O) groups is 1. The van der Waals surface area contributed by atoms with E-state index in [-0.39, 0.29) is 17.1 Å². The summed E-state index contributed by atoms with van der Waals surface area (Å²) in [6.07, 6.45) is 5.32. The minimum Gasteiger partial charge on any atom is -0.507 e. The Hall–Kier alpha value is -1.71. The fourth-order valence-electron chi connectivity index (χ4n) is 1.68. The number of phenolic OH excluding ortho intramolecular Hbond substituents is 2. The number of aromatic hydroxyl groups is 2. The van der Waals surface area contributed by atoms with E-state index in [1.807, 2.05) is 0 Å². The second kappa shape index (κ2) is 7.58. The zero-order valence-corrected chi connectivity index (χ0v) is 10.7. The molecule has 1 rings (SSSR count). The highest BCUT2D eigenvalue weighted by molar-refractivity contribution is 5.95. The molecule has 0 bridgehead atoms. The van der Waals surface area contributed by atoms with Crippen molar-refractivity contribution in [2.45, 2.75) is 39.0 Å². The van der Waals surface area contributed by atoms with Crippen LogP contribution >= 0.6 is 0 Å². The number of phenols is 2. The van der Waals surface area contributed by atoms with Crippen molar-refractivity contribution in [2.24, 2.45) is 0 Å². The van der Waals surface area contributed by atoms with Gasteiger partial charge in [-0.1, -0.05) is 38.7 Å². The van der Waals surface area contributed by atoms with E-state index in [1.165, 1.54) is 31.0 Å². The summed E-state index contributed by atoms with van der Waals surface area (Å²) >= 11 is 0. The molecule has 0 atom stereocenters. The van der Waals surface area contributed by atoms with Gasteiger partial charge in [0, 0.05) is 0 Å². The molecule has 0 heterocycles. The Labute approximate surface area is 107 Å². The number of carbonyl (C=O) groups excluding carboxylic acids is 1. The minimum absolute atomic E-state index is 0.161. The van der Waals surface area contributed by atoms with Gasteiger partial charge in [-0.05, 0) is 18.6 Å². The van der Waals surface area contributed by atoms with Gasteiger partial charge in [0.05, 0.1) is 6.61 Å². The Kier molecular flexibility index (Phi) is 6.05. The van der Waals surface area contributed by atoms with Crippen molar-refractivity contribution in [3.8, 4) is 11.5 Å². The lowest BCUT2D eigenvalue weighted by Gasteiger charge is -2.07. The second-order valence-electron chi connectivity index (χ2n) is 4.22. The first kappa shape index (κ1) is 14.4. The van der Waals surface area contributed by atoms with Crippen LogP contribution in [0.4, 0.5) is 0 Å². The molecule has 0 aliphatic heterocycles. The SMILES string of the molecule is CCCCCCCOC(=O)c1c(O)cccc1O. The molecule has 0 aliphatic carbocycles. The summed E-state index contributed by atoms with van der Waals surface area (Å²) in [5.41, 5.74) is -0.161. The van der Waals surface area contributed by atoms with Gasteiger partial charge in [-0.25, -0.2) is 4.79 Å². The van der Waals surface area contributed by atoms with E-state index in [2.05, 4.69) is 6.92 Å². The van der Waals surface area contributed by atoms with Crippen LogP contribution in [0.5, 0.6) is 11.5 Å². The first-order valence-electron chi connectivity index (χ1n) is 6.35. The molecular weight excluding hydrogens is 232 g/mol. The summed E-state index contributed by atoms with van der Waals surface area (Å²) in [6.45, 7) is 2.46. The van der Waals surface area contributed by atoms with E-state index in [0.717, 1.165) is 19.3 Å². The van der Waals surface area contributed by atoms with Gasteiger partial charge < -0.3 is 14.9 Å². The van der Waals surface area contributed by atoms with Crippen LogP contribution in [-0.2, 0) is 4.74 Å². The van der Waals surface area contributed by atoms with Crippen molar-refractivity contribution in [1.82, 2.24) is 0 Å². The standard InChI is InChI=1S/C14H20O4/c1-2-3-4-5-6-10-18-14(17)13-11(15)8-7-9-12(13)16/h7-9,15-16H,2-6,10H2,1H3. The van der Waals surface area contributed by atoms with Crippen molar-refractivity contribution >= 4 is 5.97 Å². The van der Waals surface area contributed by atoms with Gasteiger partial charge in [-0.3, -0.25) is 0 Å². The van der Waals surface area contributed by atoms with E-state index < -0.39 is 5.97 Å². The first-order valence-corrected chi connectivity index (χ1v) is 6.35. The Balaban J connectivity index is 2.37. The van der Waals surface area contributed by atoms with Crippen molar-refractivity contribution in [2.75, 3.05) is 6.61 Å². The lowest BCUT2D eigenvalue weighted by molar-refractivity contribution is 0.0491. The van der Waals surface area contributed by atoms with Crippen LogP contribution in [0.3, 0.4) is 0 Å². The van der Waals surface area contributed by atoms with Crippen molar-refractivity contribution in [3.05, 3.63) is 23.8 Å². The maximum atomic E-state index is 11.6. The smallest absolute Gasteiger partial charge is 0.345 e. The number of hydrogen-bond donors (Lipinski definition) is 2. The highest BCUT2D eigenvalue weighted by Gasteiger charge is 2.16. The van der Waals surface area contributed by atoms with E-state index in [1.54, 1.807) is 0 Å². The van der Waals surface area contributed by atoms with Gasteiger partial charge in [0.15, 0.2) is 0 Å². The van der Waals surface area contributed by atoms with Gasteiger partial charge in [0.2, 0.25) is 0 Å². The summed E-state index contributed by atoms with van der Waals surface area (Å²) in [6, 6.07) is 4.15. The molecular formula is C14H20O4. The van der Waals surface area contributed by atoms with Crippen molar-refractivity contribution in [1.29, 1.82) is 0 Å². The van der Waals surface area contributed by atoms with Crippen molar-refractivity contribution in [3.63, 3.8) is 0 Å². The number of unbranched alkanes of at least 4 members (excludes halogenated alkanes) is 4. The van der Waals surface area contributed by atoms with E-state index >= 15 is 0 Å². The summed E-state index contributed by atoms with van der Waals surface area (Å²) in [7, 11) is 0. The molecule has 0 unspecified atom stereocenters. The molecule has 0 saturated heterocycles. The molecule has 100 valence electrons. The summed E-state index contributed by atoms with van der Waals surface area (Å²) in [5, 5.41) is 18.9. The number of benzene rings is 1. The van der Waals surface area contributed by atoms with E-state index in [0.29, 0.717) is 6.61 Å². The largest absolute Gasteiger partial charge is 0.507 e. The van der Waals surface area contributed by atoms with Crippen molar-refractivity contribution < 1.29 is 19.7 Å². The summed E-state index contributed by atoms with van der Waals surface area (Å²) < 4.78 is 5.01. The predicted molar refractivity (Wildman–Crippen MR) is 68.8 cm³/mol. The molecule has 0 amide bonds. The monoisotopic (exact) mass is 252 g/mol. The van der Waals surface area contributed by atoms with Crippen LogP contribution in [0, 0.1) is 0 Å². The minimum atomic E-state index is -0.680. The highest BCUT2D eigenvalue weighted by atomic mass is 16.5. The summed E-state index contributed by atoms with van der Waals surface area (Å²) in [5.74, 6) is -1.20. The maximum Gasteiger partial charge on any atom is 0.345 e. The quantitative estimate of drug-likeness (QED) is 0.577. The molecule has 0 fully saturated rings. The normalized spacial score (nSPS) is 10.3. The average Bonchev–Trinajstić information content (AvgIpc) is 2.33. The zero-order chi connectivity index (χ0) is 13.4. The molecule has 0 radical (unpaired) electrons. The number of esters is 1. The number of hydrogen-bond acceptors (Lipinski definition) is 4. The Morgan fingerprint density at radius 2 is 1.72 bits per heavy atom. The van der Waals surface area contributed by atoms with Crippen LogP contribution in [0.1, 0.15) is 49.4 Å². The van der Waals surface area contributed by atoms with Gasteiger partial charge in [-0.15, -0.1) is 0 Å². The van der Waals surface area contributed by atoms with Gasteiger partial charge in [-0.2, -0.15) is 0 Å². The van der Waals surface area contributed by atoms with Crippen LogP contribution < -0.4 is 0 Å². The predicted octanol–water partition coefficient (Wildman–Crippen LogP) is 3.23.